The summed E-state index contributed by atoms with van der Waals surface area (Å²) in [6.07, 6.45) is 3.74. The topological polar surface area (TPSA) is 32.3 Å². The molecule has 17 heavy (non-hydrogen) atoms. The van der Waals surface area contributed by atoms with E-state index in [1.165, 1.54) is 19.3 Å². The van der Waals surface area contributed by atoms with Gasteiger partial charge in [0, 0.05) is 18.2 Å². The fourth-order valence-corrected chi connectivity index (χ4v) is 2.30. The molecular weight excluding hydrogens is 212 g/mol. The Morgan fingerprint density at radius 1 is 1.35 bits per heavy atom. The summed E-state index contributed by atoms with van der Waals surface area (Å²) in [4.78, 5) is 14.2. The number of likely N-dealkylation sites (tertiary alicyclic amines) is 1. The minimum atomic E-state index is 0.0320. The van der Waals surface area contributed by atoms with Gasteiger partial charge in [0.1, 0.15) is 0 Å². The number of amides is 1. The van der Waals surface area contributed by atoms with Gasteiger partial charge in [-0.15, -0.1) is 0 Å². The second-order valence-electron chi connectivity index (χ2n) is 4.71. The molecule has 1 fully saturated rings. The average molecular weight is 232 g/mol. The van der Waals surface area contributed by atoms with Crippen molar-refractivity contribution in [2.45, 2.75) is 25.3 Å². The zero-order valence-electron chi connectivity index (χ0n) is 10.4. The molecule has 92 valence electrons. The van der Waals surface area contributed by atoms with E-state index in [1.807, 2.05) is 30.3 Å². The highest BCUT2D eigenvalue weighted by atomic mass is 16.1. The van der Waals surface area contributed by atoms with E-state index in [2.05, 4.69) is 17.3 Å². The molecule has 0 aliphatic carbocycles. The first kappa shape index (κ1) is 12.1. The van der Waals surface area contributed by atoms with Crippen LogP contribution in [0.5, 0.6) is 0 Å². The first-order chi connectivity index (χ1) is 8.27. The predicted octanol–water partition coefficient (Wildman–Crippen LogP) is 1.90. The summed E-state index contributed by atoms with van der Waals surface area (Å²) in [5, 5.41) is 3.02. The number of carbonyl (C=O) groups excluding carboxylic acids is 1. The number of likely N-dealkylation sites (N-methyl/N-ethyl adjacent to an activating group) is 1. The Kier molecular flexibility index (Phi) is 4.15. The maximum Gasteiger partial charge on any atom is 0.251 e. The second kappa shape index (κ2) is 5.82. The molecule has 1 amide bonds. The smallest absolute Gasteiger partial charge is 0.251 e. The molecule has 1 aromatic carbocycles. The third-order valence-electron chi connectivity index (χ3n) is 3.46. The Bertz CT molecular complexity index is 364. The molecule has 1 aliphatic rings. The molecule has 0 spiro atoms. The molecule has 0 radical (unpaired) electrons. The highest BCUT2D eigenvalue weighted by Gasteiger charge is 2.19. The Labute approximate surface area is 103 Å². The van der Waals surface area contributed by atoms with E-state index < -0.39 is 0 Å². The largest absolute Gasteiger partial charge is 0.350 e. The van der Waals surface area contributed by atoms with Crippen LogP contribution in [-0.2, 0) is 0 Å². The molecule has 1 unspecified atom stereocenters. The Morgan fingerprint density at radius 2 is 2.12 bits per heavy atom. The first-order valence-electron chi connectivity index (χ1n) is 6.31. The fourth-order valence-electron chi connectivity index (χ4n) is 2.30. The lowest BCUT2D eigenvalue weighted by Gasteiger charge is -2.32. The number of carbonyl (C=O) groups is 1. The summed E-state index contributed by atoms with van der Waals surface area (Å²) in [6, 6.07) is 9.89. The van der Waals surface area contributed by atoms with Gasteiger partial charge in [-0.05, 0) is 38.6 Å². The minimum absolute atomic E-state index is 0.0320. The van der Waals surface area contributed by atoms with Crippen molar-refractivity contribution in [1.29, 1.82) is 0 Å². The Balaban J connectivity index is 1.84. The minimum Gasteiger partial charge on any atom is -0.350 e. The molecule has 1 heterocycles. The van der Waals surface area contributed by atoms with Gasteiger partial charge in [-0.2, -0.15) is 0 Å². The lowest BCUT2D eigenvalue weighted by atomic mass is 10.0. The van der Waals surface area contributed by atoms with Crippen molar-refractivity contribution in [3.63, 3.8) is 0 Å². The normalized spacial score (nSPS) is 21.1. The maximum atomic E-state index is 11.9. The fraction of sp³-hybridized carbons (Fsp3) is 0.500. The lowest BCUT2D eigenvalue weighted by Crippen LogP contribution is -2.44. The third-order valence-corrected chi connectivity index (χ3v) is 3.46. The number of piperidine rings is 1. The zero-order valence-corrected chi connectivity index (χ0v) is 10.4. The Morgan fingerprint density at radius 3 is 2.82 bits per heavy atom. The average Bonchev–Trinajstić information content (AvgIpc) is 2.38. The van der Waals surface area contributed by atoms with Crippen LogP contribution in [0.3, 0.4) is 0 Å². The van der Waals surface area contributed by atoms with E-state index in [4.69, 9.17) is 0 Å². The zero-order chi connectivity index (χ0) is 12.1. The van der Waals surface area contributed by atoms with Crippen molar-refractivity contribution in [1.82, 2.24) is 10.2 Å². The van der Waals surface area contributed by atoms with Gasteiger partial charge >= 0.3 is 0 Å². The van der Waals surface area contributed by atoms with Gasteiger partial charge in [0.15, 0.2) is 0 Å². The molecule has 0 bridgehead atoms. The maximum absolute atomic E-state index is 11.9. The molecule has 1 N–H and O–H groups in total. The van der Waals surface area contributed by atoms with Crippen LogP contribution >= 0.6 is 0 Å². The third kappa shape index (κ3) is 3.30. The van der Waals surface area contributed by atoms with E-state index in [0.29, 0.717) is 6.04 Å². The standard InChI is InChI=1S/C14H20N2O/c1-16-10-6-5-9-13(16)11-15-14(17)12-7-3-2-4-8-12/h2-4,7-8,13H,5-6,9-11H2,1H3,(H,15,17). The molecule has 1 saturated heterocycles. The highest BCUT2D eigenvalue weighted by Crippen LogP contribution is 2.14. The molecule has 0 aromatic heterocycles. The van der Waals surface area contributed by atoms with Crippen molar-refractivity contribution < 1.29 is 4.79 Å². The molecule has 1 aliphatic heterocycles. The summed E-state index contributed by atoms with van der Waals surface area (Å²) in [6.45, 7) is 1.90. The molecule has 1 atom stereocenters. The number of hydrogen-bond donors (Lipinski definition) is 1. The van der Waals surface area contributed by atoms with Crippen molar-refractivity contribution >= 4 is 5.91 Å². The molecule has 3 nitrogen and oxygen atoms in total. The van der Waals surface area contributed by atoms with Crippen molar-refractivity contribution in [2.75, 3.05) is 20.1 Å². The summed E-state index contributed by atoms with van der Waals surface area (Å²) in [5.74, 6) is 0.0320. The van der Waals surface area contributed by atoms with Crippen LogP contribution in [0.2, 0.25) is 0 Å². The number of nitrogens with one attached hydrogen (secondary N) is 1. The van der Waals surface area contributed by atoms with Crippen LogP contribution in [0.4, 0.5) is 0 Å². The van der Waals surface area contributed by atoms with E-state index in [1.54, 1.807) is 0 Å². The monoisotopic (exact) mass is 232 g/mol. The van der Waals surface area contributed by atoms with E-state index >= 15 is 0 Å². The number of rotatable bonds is 3. The van der Waals surface area contributed by atoms with Gasteiger partial charge in [0.05, 0.1) is 0 Å². The van der Waals surface area contributed by atoms with Crippen molar-refractivity contribution in [3.05, 3.63) is 35.9 Å². The molecule has 0 saturated carbocycles. The quantitative estimate of drug-likeness (QED) is 0.863. The highest BCUT2D eigenvalue weighted by molar-refractivity contribution is 5.94. The number of nitrogens with zero attached hydrogens (tertiary/aromatic N) is 1. The van der Waals surface area contributed by atoms with Crippen LogP contribution in [-0.4, -0.2) is 37.0 Å². The van der Waals surface area contributed by atoms with Crippen molar-refractivity contribution in [3.8, 4) is 0 Å². The van der Waals surface area contributed by atoms with Crippen LogP contribution < -0.4 is 5.32 Å². The van der Waals surface area contributed by atoms with Crippen molar-refractivity contribution in [2.24, 2.45) is 0 Å². The van der Waals surface area contributed by atoms with E-state index in [-0.39, 0.29) is 5.91 Å². The van der Waals surface area contributed by atoms with E-state index in [9.17, 15) is 4.79 Å². The van der Waals surface area contributed by atoms with Gasteiger partial charge in [-0.25, -0.2) is 0 Å². The van der Waals surface area contributed by atoms with Crippen LogP contribution in [0.15, 0.2) is 30.3 Å². The molecule has 1 aromatic rings. The van der Waals surface area contributed by atoms with Gasteiger partial charge < -0.3 is 10.2 Å². The van der Waals surface area contributed by atoms with Crippen LogP contribution in [0, 0.1) is 0 Å². The molecule has 2 rings (SSSR count). The van der Waals surface area contributed by atoms with Gasteiger partial charge in [0.25, 0.3) is 5.91 Å². The molecular formula is C14H20N2O. The second-order valence-corrected chi connectivity index (χ2v) is 4.71. The van der Waals surface area contributed by atoms with Crippen LogP contribution in [0.25, 0.3) is 0 Å². The Hall–Kier alpha value is -1.35. The molecule has 3 heteroatoms. The lowest BCUT2D eigenvalue weighted by molar-refractivity contribution is 0.0928. The summed E-state index contributed by atoms with van der Waals surface area (Å²) >= 11 is 0. The number of hydrogen-bond acceptors (Lipinski definition) is 2. The van der Waals surface area contributed by atoms with Gasteiger partial charge in [-0.1, -0.05) is 24.6 Å². The summed E-state index contributed by atoms with van der Waals surface area (Å²) < 4.78 is 0. The SMILES string of the molecule is CN1CCCCC1CNC(=O)c1ccccc1. The van der Waals surface area contributed by atoms with Crippen LogP contribution in [0.1, 0.15) is 29.6 Å². The van der Waals surface area contributed by atoms with Gasteiger partial charge in [0.2, 0.25) is 0 Å². The summed E-state index contributed by atoms with van der Waals surface area (Å²) in [7, 11) is 2.14. The van der Waals surface area contributed by atoms with Gasteiger partial charge in [-0.3, -0.25) is 4.79 Å². The predicted molar refractivity (Wildman–Crippen MR) is 69.0 cm³/mol. The first-order valence-corrected chi connectivity index (χ1v) is 6.31. The number of benzene rings is 1. The summed E-state index contributed by atoms with van der Waals surface area (Å²) in [5.41, 5.74) is 0.742. The van der Waals surface area contributed by atoms with E-state index in [0.717, 1.165) is 18.7 Å².